The molecule has 0 aromatic heterocycles. The highest BCUT2D eigenvalue weighted by molar-refractivity contribution is 5.75. The molecule has 0 heterocycles. The Kier molecular flexibility index (Phi) is 7.53. The number of nitrogens with zero attached hydrogens (tertiary/aromatic N) is 1. The van der Waals surface area contributed by atoms with Gasteiger partial charge in [0.2, 0.25) is 0 Å². The van der Waals surface area contributed by atoms with E-state index >= 15 is 0 Å². The van der Waals surface area contributed by atoms with Crippen LogP contribution < -0.4 is 0 Å². The minimum atomic E-state index is -0.194. The quantitative estimate of drug-likeness (QED) is 0.363. The Morgan fingerprint density at radius 1 is 0.941 bits per heavy atom. The first kappa shape index (κ1) is 24.2. The van der Waals surface area contributed by atoms with Crippen LogP contribution in [0.2, 0.25) is 0 Å². The predicted molar refractivity (Wildman–Crippen MR) is 139 cm³/mol. The molecule has 1 aliphatic rings. The lowest BCUT2D eigenvalue weighted by Crippen LogP contribution is -2.43. The van der Waals surface area contributed by atoms with Gasteiger partial charge in [0.25, 0.3) is 0 Å². The summed E-state index contributed by atoms with van der Waals surface area (Å²) >= 11 is 0. The molecule has 3 nitrogen and oxygen atoms in total. The molecule has 0 unspecified atom stereocenters. The van der Waals surface area contributed by atoms with Crippen molar-refractivity contribution in [1.29, 1.82) is 0 Å². The van der Waals surface area contributed by atoms with Crippen LogP contribution in [0.25, 0.3) is 0 Å². The van der Waals surface area contributed by atoms with Gasteiger partial charge in [0.1, 0.15) is 0 Å². The molecular weight excluding hydrogens is 418 g/mol. The second-order valence-corrected chi connectivity index (χ2v) is 9.86. The Labute approximate surface area is 204 Å². The second kappa shape index (κ2) is 10.6. The molecule has 178 valence electrons. The predicted octanol–water partition coefficient (Wildman–Crippen LogP) is 6.91. The molecule has 0 N–H and O–H groups in total. The summed E-state index contributed by atoms with van der Waals surface area (Å²) in [5, 5.41) is 0. The topological polar surface area (TPSA) is 29.5 Å². The first-order chi connectivity index (χ1) is 16.4. The third kappa shape index (κ3) is 4.95. The van der Waals surface area contributed by atoms with Gasteiger partial charge in [0.15, 0.2) is 0 Å². The summed E-state index contributed by atoms with van der Waals surface area (Å²) in [5.74, 6) is -0.121. The largest absolute Gasteiger partial charge is 0.469 e. The molecule has 0 bridgehead atoms. The maximum absolute atomic E-state index is 13.4. The number of ether oxygens (including phenoxy) is 1. The fourth-order valence-corrected chi connectivity index (χ4v) is 6.17. The van der Waals surface area contributed by atoms with E-state index in [2.05, 4.69) is 105 Å². The van der Waals surface area contributed by atoms with Crippen molar-refractivity contribution >= 4 is 5.97 Å². The lowest BCUT2D eigenvalue weighted by molar-refractivity contribution is -0.148. The molecule has 0 amide bonds. The van der Waals surface area contributed by atoms with Crippen LogP contribution >= 0.6 is 0 Å². The molecule has 0 saturated heterocycles. The number of hydrogen-bond acceptors (Lipinski definition) is 3. The smallest absolute Gasteiger partial charge is 0.310 e. The van der Waals surface area contributed by atoms with Gasteiger partial charge in [0.05, 0.1) is 13.0 Å². The summed E-state index contributed by atoms with van der Waals surface area (Å²) in [7, 11) is 1.53. The molecule has 0 spiro atoms. The summed E-state index contributed by atoms with van der Waals surface area (Å²) in [4.78, 5) is 15.9. The van der Waals surface area contributed by atoms with E-state index in [1.54, 1.807) is 0 Å². The van der Waals surface area contributed by atoms with E-state index in [1.165, 1.54) is 40.5 Å². The van der Waals surface area contributed by atoms with E-state index < -0.39 is 0 Å². The van der Waals surface area contributed by atoms with E-state index in [-0.39, 0.29) is 29.9 Å². The maximum atomic E-state index is 13.4. The zero-order chi connectivity index (χ0) is 24.2. The first-order valence-electron chi connectivity index (χ1n) is 12.4. The number of esters is 1. The lowest BCUT2D eigenvalue weighted by Gasteiger charge is -2.38. The van der Waals surface area contributed by atoms with Gasteiger partial charge in [-0.2, -0.15) is 0 Å². The third-order valence-electron chi connectivity index (χ3n) is 7.62. The number of hydrogen-bond donors (Lipinski definition) is 0. The van der Waals surface area contributed by atoms with Crippen molar-refractivity contribution in [2.75, 3.05) is 7.11 Å². The van der Waals surface area contributed by atoms with Gasteiger partial charge in [-0.05, 0) is 74.3 Å². The van der Waals surface area contributed by atoms with E-state index in [0.29, 0.717) is 0 Å². The van der Waals surface area contributed by atoms with Crippen molar-refractivity contribution in [2.45, 2.75) is 65.1 Å². The highest BCUT2D eigenvalue weighted by Gasteiger charge is 2.47. The van der Waals surface area contributed by atoms with E-state index in [4.69, 9.17) is 4.74 Å². The van der Waals surface area contributed by atoms with Crippen molar-refractivity contribution in [2.24, 2.45) is 5.92 Å². The van der Waals surface area contributed by atoms with Gasteiger partial charge in [-0.25, -0.2) is 0 Å². The average molecular weight is 456 g/mol. The van der Waals surface area contributed by atoms with Crippen molar-refractivity contribution in [3.05, 3.63) is 106 Å². The molecule has 1 fully saturated rings. The molecule has 0 radical (unpaired) electrons. The highest BCUT2D eigenvalue weighted by Crippen LogP contribution is 2.47. The third-order valence-corrected chi connectivity index (χ3v) is 7.62. The fraction of sp³-hybridized carbons (Fsp3) is 0.387. The lowest BCUT2D eigenvalue weighted by atomic mass is 9.81. The Bertz CT molecular complexity index is 1090. The number of methoxy groups -OCH3 is 1. The van der Waals surface area contributed by atoms with E-state index in [9.17, 15) is 4.79 Å². The van der Waals surface area contributed by atoms with Crippen LogP contribution in [0.15, 0.2) is 72.8 Å². The van der Waals surface area contributed by atoms with Gasteiger partial charge < -0.3 is 4.74 Å². The van der Waals surface area contributed by atoms with Crippen molar-refractivity contribution in [3.63, 3.8) is 0 Å². The standard InChI is InChI=1S/C31H37NO2/c1-21-18-22(2)29(23(3)19-21)27-16-17-28(30(27)31(33)34-5)32(20-25-12-8-6-9-13-25)24(4)26-14-10-7-11-15-26/h6-15,18-19,24,27-28,30H,16-17,20H2,1-5H3/t24-,27-,28+,30-/m0/s1. The number of benzene rings is 3. The van der Waals surface area contributed by atoms with Gasteiger partial charge >= 0.3 is 5.97 Å². The van der Waals surface area contributed by atoms with Crippen LogP contribution in [0.1, 0.15) is 65.1 Å². The zero-order valence-electron chi connectivity index (χ0n) is 21.1. The van der Waals surface area contributed by atoms with Gasteiger partial charge in [-0.15, -0.1) is 0 Å². The van der Waals surface area contributed by atoms with Crippen LogP contribution in [0.3, 0.4) is 0 Å². The fourth-order valence-electron chi connectivity index (χ4n) is 6.17. The zero-order valence-corrected chi connectivity index (χ0v) is 21.1. The second-order valence-electron chi connectivity index (χ2n) is 9.86. The normalized spacial score (nSPS) is 20.9. The SMILES string of the molecule is COC(=O)[C@@H]1[C@H](N(Cc2ccccc2)[C@@H](C)c2ccccc2)CC[C@H]1c1c(C)cc(C)cc1C. The van der Waals surface area contributed by atoms with Crippen molar-refractivity contribution < 1.29 is 9.53 Å². The number of rotatable bonds is 7. The summed E-state index contributed by atoms with van der Waals surface area (Å²) < 4.78 is 5.44. The Morgan fingerprint density at radius 3 is 2.12 bits per heavy atom. The highest BCUT2D eigenvalue weighted by atomic mass is 16.5. The molecule has 4 atom stereocenters. The maximum Gasteiger partial charge on any atom is 0.310 e. The minimum absolute atomic E-state index is 0.0924. The number of aryl methyl sites for hydroxylation is 3. The van der Waals surface area contributed by atoms with Crippen LogP contribution in [0, 0.1) is 26.7 Å². The minimum Gasteiger partial charge on any atom is -0.469 e. The summed E-state index contributed by atoms with van der Waals surface area (Å²) in [6, 6.07) is 26.0. The molecule has 3 aromatic rings. The monoisotopic (exact) mass is 455 g/mol. The van der Waals surface area contributed by atoms with Crippen LogP contribution in [-0.2, 0) is 16.1 Å². The van der Waals surface area contributed by atoms with Crippen molar-refractivity contribution in [3.8, 4) is 0 Å². The van der Waals surface area contributed by atoms with Crippen LogP contribution in [-0.4, -0.2) is 24.0 Å². The summed E-state index contributed by atoms with van der Waals surface area (Å²) in [6.07, 6.45) is 1.96. The van der Waals surface area contributed by atoms with E-state index in [1.807, 2.05) is 0 Å². The average Bonchev–Trinajstić information content (AvgIpc) is 3.26. The Morgan fingerprint density at radius 2 is 1.53 bits per heavy atom. The molecule has 3 heteroatoms. The van der Waals surface area contributed by atoms with E-state index in [0.717, 1.165) is 19.4 Å². The Hall–Kier alpha value is -2.91. The number of carbonyl (C=O) groups is 1. The van der Waals surface area contributed by atoms with Gasteiger partial charge in [-0.1, -0.05) is 78.4 Å². The van der Waals surface area contributed by atoms with Crippen LogP contribution in [0.5, 0.6) is 0 Å². The summed E-state index contributed by atoms with van der Waals surface area (Å²) in [6.45, 7) is 9.58. The molecule has 3 aromatic carbocycles. The molecule has 4 rings (SSSR count). The number of carbonyl (C=O) groups excluding carboxylic acids is 1. The van der Waals surface area contributed by atoms with Gasteiger partial charge in [0, 0.05) is 18.6 Å². The molecule has 0 aliphatic heterocycles. The van der Waals surface area contributed by atoms with Crippen molar-refractivity contribution in [1.82, 2.24) is 4.90 Å². The molecular formula is C31H37NO2. The molecule has 1 aliphatic carbocycles. The van der Waals surface area contributed by atoms with Gasteiger partial charge in [-0.3, -0.25) is 9.69 Å². The molecule has 1 saturated carbocycles. The van der Waals surface area contributed by atoms with Crippen LogP contribution in [0.4, 0.5) is 0 Å². The molecule has 34 heavy (non-hydrogen) atoms. The first-order valence-corrected chi connectivity index (χ1v) is 12.4. The Balaban J connectivity index is 1.76. The summed E-state index contributed by atoms with van der Waals surface area (Å²) in [5.41, 5.74) is 7.70.